The van der Waals surface area contributed by atoms with Crippen LogP contribution in [0.25, 0.3) is 0 Å². The second-order valence-corrected chi connectivity index (χ2v) is 4.13. The molecule has 0 spiro atoms. The molecule has 0 aliphatic carbocycles. The minimum Gasteiger partial charge on any atom is -0.496 e. The molecule has 0 atom stereocenters. The van der Waals surface area contributed by atoms with Crippen molar-refractivity contribution in [3.8, 4) is 11.5 Å². The van der Waals surface area contributed by atoms with Gasteiger partial charge in [-0.3, -0.25) is 10.0 Å². The summed E-state index contributed by atoms with van der Waals surface area (Å²) in [5, 5.41) is 10.4. The van der Waals surface area contributed by atoms with E-state index in [0.29, 0.717) is 5.06 Å². The van der Waals surface area contributed by atoms with E-state index in [9.17, 15) is 14.4 Å². The van der Waals surface area contributed by atoms with Crippen molar-refractivity contribution in [2.24, 2.45) is 0 Å². The van der Waals surface area contributed by atoms with Gasteiger partial charge in [-0.2, -0.15) is 5.06 Å². The zero-order valence-corrected chi connectivity index (χ0v) is 13.4. The van der Waals surface area contributed by atoms with Crippen LogP contribution in [-0.2, 0) is 20.4 Å². The van der Waals surface area contributed by atoms with Crippen LogP contribution in [0.5, 0.6) is 11.5 Å². The average molecular weight is 398 g/mol. The van der Waals surface area contributed by atoms with Crippen molar-refractivity contribution in [3.05, 3.63) is 53.8 Å². The number of hydroxylamine groups is 1. The third kappa shape index (κ3) is 3.63. The minimum absolute atomic E-state index is 0. The van der Waals surface area contributed by atoms with Gasteiger partial charge in [0.1, 0.15) is 22.9 Å². The molecule has 0 bridgehead atoms. The molecule has 0 saturated heterocycles. The SMILES string of the molecule is COc1cccc(OC)c1C(=O)N(O)c1ccc(F)cc1.[Pd]. The molecule has 0 saturated carbocycles. The first-order chi connectivity index (χ1) is 10.1. The fraction of sp³-hybridized carbons (Fsp3) is 0.133. The third-order valence-corrected chi connectivity index (χ3v) is 2.91. The summed E-state index contributed by atoms with van der Waals surface area (Å²) in [7, 11) is 2.82. The Kier molecular flexibility index (Phi) is 6.50. The van der Waals surface area contributed by atoms with Gasteiger partial charge in [-0.15, -0.1) is 0 Å². The molecule has 2 rings (SSSR count). The van der Waals surface area contributed by atoms with E-state index < -0.39 is 11.7 Å². The third-order valence-electron chi connectivity index (χ3n) is 2.91. The molecule has 5 nitrogen and oxygen atoms in total. The Labute approximate surface area is 140 Å². The first-order valence-corrected chi connectivity index (χ1v) is 6.08. The van der Waals surface area contributed by atoms with Gasteiger partial charge in [-0.1, -0.05) is 6.07 Å². The maximum atomic E-state index is 12.9. The van der Waals surface area contributed by atoms with Crippen molar-refractivity contribution in [1.29, 1.82) is 0 Å². The van der Waals surface area contributed by atoms with Crippen LogP contribution in [0.15, 0.2) is 42.5 Å². The molecule has 2 aromatic rings. The van der Waals surface area contributed by atoms with Crippen molar-refractivity contribution in [2.45, 2.75) is 0 Å². The average Bonchev–Trinajstić information content (AvgIpc) is 2.53. The number of halogens is 1. The van der Waals surface area contributed by atoms with Gasteiger partial charge < -0.3 is 9.47 Å². The number of hydrogen-bond acceptors (Lipinski definition) is 4. The standard InChI is InChI=1S/C15H14FNO4.Pd/c1-20-12-4-3-5-13(21-2)14(12)15(18)17(19)11-8-6-10(16)7-9-11;/h3-9,19H,1-2H3;. The summed E-state index contributed by atoms with van der Waals surface area (Å²) in [6.07, 6.45) is 0. The number of rotatable bonds is 4. The summed E-state index contributed by atoms with van der Waals surface area (Å²) in [5.74, 6) is -0.675. The molecule has 7 heteroatoms. The van der Waals surface area contributed by atoms with Crippen LogP contribution in [0.4, 0.5) is 10.1 Å². The molecular weight excluding hydrogens is 384 g/mol. The minimum atomic E-state index is -0.740. The van der Waals surface area contributed by atoms with Crippen molar-refractivity contribution in [1.82, 2.24) is 0 Å². The quantitative estimate of drug-likeness (QED) is 0.490. The van der Waals surface area contributed by atoms with E-state index in [-0.39, 0.29) is 43.2 Å². The summed E-state index contributed by atoms with van der Waals surface area (Å²) in [6, 6.07) is 9.68. The maximum Gasteiger partial charge on any atom is 0.289 e. The van der Waals surface area contributed by atoms with Gasteiger partial charge in [0.15, 0.2) is 0 Å². The van der Waals surface area contributed by atoms with Crippen LogP contribution in [0.1, 0.15) is 10.4 Å². The predicted molar refractivity (Wildman–Crippen MR) is 74.5 cm³/mol. The summed E-state index contributed by atoms with van der Waals surface area (Å²) in [4.78, 5) is 12.4. The van der Waals surface area contributed by atoms with Gasteiger partial charge in [0, 0.05) is 20.4 Å². The van der Waals surface area contributed by atoms with Crippen LogP contribution in [0.2, 0.25) is 0 Å². The monoisotopic (exact) mass is 397 g/mol. The summed E-state index contributed by atoms with van der Waals surface area (Å²) >= 11 is 0. The molecule has 22 heavy (non-hydrogen) atoms. The van der Waals surface area contributed by atoms with E-state index in [2.05, 4.69) is 0 Å². The fourth-order valence-corrected chi connectivity index (χ4v) is 1.87. The molecule has 120 valence electrons. The van der Waals surface area contributed by atoms with Crippen LogP contribution < -0.4 is 14.5 Å². The topological polar surface area (TPSA) is 59.0 Å². The van der Waals surface area contributed by atoms with E-state index in [1.54, 1.807) is 18.2 Å². The van der Waals surface area contributed by atoms with Crippen LogP contribution >= 0.6 is 0 Å². The van der Waals surface area contributed by atoms with Gasteiger partial charge in [-0.05, 0) is 36.4 Å². The van der Waals surface area contributed by atoms with E-state index in [4.69, 9.17) is 9.47 Å². The summed E-state index contributed by atoms with van der Waals surface area (Å²) < 4.78 is 23.1. The normalized spacial score (nSPS) is 9.64. The van der Waals surface area contributed by atoms with Gasteiger partial charge in [0.05, 0.1) is 19.9 Å². The Morgan fingerprint density at radius 3 is 2.00 bits per heavy atom. The van der Waals surface area contributed by atoms with E-state index in [1.807, 2.05) is 0 Å². The number of ether oxygens (including phenoxy) is 2. The van der Waals surface area contributed by atoms with E-state index >= 15 is 0 Å². The molecule has 1 N–H and O–H groups in total. The van der Waals surface area contributed by atoms with Crippen molar-refractivity contribution in [3.63, 3.8) is 0 Å². The number of carbonyl (C=O) groups excluding carboxylic acids is 1. The van der Waals surface area contributed by atoms with Gasteiger partial charge >= 0.3 is 0 Å². The second kappa shape index (κ2) is 7.90. The van der Waals surface area contributed by atoms with Crippen molar-refractivity contribution >= 4 is 11.6 Å². The van der Waals surface area contributed by atoms with Crippen LogP contribution in [0.3, 0.4) is 0 Å². The predicted octanol–water partition coefficient (Wildman–Crippen LogP) is 2.88. The van der Waals surface area contributed by atoms with Crippen molar-refractivity contribution in [2.75, 3.05) is 19.3 Å². The Hall–Kier alpha value is -1.94. The van der Waals surface area contributed by atoms with Crippen LogP contribution in [0, 0.1) is 5.82 Å². The maximum absolute atomic E-state index is 12.9. The summed E-state index contributed by atoms with van der Waals surface area (Å²) in [6.45, 7) is 0. The number of nitrogens with zero attached hydrogens (tertiary/aromatic N) is 1. The molecule has 0 aromatic heterocycles. The smallest absolute Gasteiger partial charge is 0.289 e. The van der Waals surface area contributed by atoms with Gasteiger partial charge in [0.2, 0.25) is 0 Å². The number of anilines is 1. The van der Waals surface area contributed by atoms with Crippen LogP contribution in [-0.4, -0.2) is 25.3 Å². The molecule has 0 unspecified atom stereocenters. The molecule has 1 amide bonds. The van der Waals surface area contributed by atoms with E-state index in [1.165, 1.54) is 26.4 Å². The number of hydrogen-bond donors (Lipinski definition) is 1. The molecule has 0 radical (unpaired) electrons. The second-order valence-electron chi connectivity index (χ2n) is 4.13. The number of carbonyl (C=O) groups is 1. The summed E-state index contributed by atoms with van der Waals surface area (Å²) in [5.41, 5.74) is 0.212. The zero-order chi connectivity index (χ0) is 15.4. The number of benzene rings is 2. The first kappa shape index (κ1) is 18.1. The molecular formula is C15H14FNO4Pd. The molecule has 0 fully saturated rings. The Morgan fingerprint density at radius 2 is 1.55 bits per heavy atom. The number of methoxy groups -OCH3 is 2. The number of amides is 1. The Morgan fingerprint density at radius 1 is 1.05 bits per heavy atom. The Bertz CT molecular complexity index is 626. The molecule has 0 aliphatic rings. The fourth-order valence-electron chi connectivity index (χ4n) is 1.87. The molecule has 0 heterocycles. The van der Waals surface area contributed by atoms with E-state index in [0.717, 1.165) is 12.1 Å². The van der Waals surface area contributed by atoms with Gasteiger partial charge in [-0.25, -0.2) is 4.39 Å². The van der Waals surface area contributed by atoms with Crippen molar-refractivity contribution < 1.29 is 44.3 Å². The van der Waals surface area contributed by atoms with Gasteiger partial charge in [0.25, 0.3) is 5.91 Å². The zero-order valence-electron chi connectivity index (χ0n) is 11.9. The largest absolute Gasteiger partial charge is 0.496 e. The first-order valence-electron chi connectivity index (χ1n) is 6.08. The molecule has 2 aromatic carbocycles. The molecule has 0 aliphatic heterocycles. The Balaban J connectivity index is 0.00000242.